The second kappa shape index (κ2) is 7.39. The third kappa shape index (κ3) is 3.34. The summed E-state index contributed by atoms with van der Waals surface area (Å²) >= 11 is 6.23. The van der Waals surface area contributed by atoms with E-state index < -0.39 is 0 Å². The standard InChI is InChI=1S/C19H23ClN2O2/c1-3-24-19(23)15-11-21-17-12(2)16(20)10-9-14(17)18(15)22-13-7-5-4-6-8-13/h9-11,13H,3-8H2,1-2H3,(H,21,22). The third-order valence-corrected chi connectivity index (χ3v) is 5.08. The van der Waals surface area contributed by atoms with E-state index in [1.807, 2.05) is 26.0 Å². The minimum atomic E-state index is -0.335. The van der Waals surface area contributed by atoms with Crippen molar-refractivity contribution in [1.82, 2.24) is 4.98 Å². The fourth-order valence-corrected chi connectivity index (χ4v) is 3.51. The number of nitrogens with zero attached hydrogens (tertiary/aromatic N) is 1. The molecule has 1 heterocycles. The highest BCUT2D eigenvalue weighted by Crippen LogP contribution is 2.33. The molecule has 5 heteroatoms. The Kier molecular flexibility index (Phi) is 5.24. The van der Waals surface area contributed by atoms with Crippen molar-refractivity contribution in [2.75, 3.05) is 11.9 Å². The Bertz CT molecular complexity index is 755. The third-order valence-electron chi connectivity index (χ3n) is 4.68. The van der Waals surface area contributed by atoms with Gasteiger partial charge in [0, 0.05) is 22.6 Å². The number of nitrogens with one attached hydrogen (secondary N) is 1. The number of ether oxygens (including phenoxy) is 1. The molecule has 0 unspecified atom stereocenters. The molecule has 4 nitrogen and oxygen atoms in total. The lowest BCUT2D eigenvalue weighted by atomic mass is 9.94. The van der Waals surface area contributed by atoms with Gasteiger partial charge in [-0.1, -0.05) is 30.9 Å². The number of fused-ring (bicyclic) bond motifs is 1. The molecule has 1 aromatic heterocycles. The average Bonchev–Trinajstić information content (AvgIpc) is 2.59. The summed E-state index contributed by atoms with van der Waals surface area (Å²) in [6.07, 6.45) is 7.58. The number of carbonyl (C=O) groups is 1. The maximum atomic E-state index is 12.4. The van der Waals surface area contributed by atoms with Gasteiger partial charge >= 0.3 is 5.97 Å². The maximum Gasteiger partial charge on any atom is 0.341 e. The number of rotatable bonds is 4. The normalized spacial score (nSPS) is 15.5. The summed E-state index contributed by atoms with van der Waals surface area (Å²) in [5.74, 6) is -0.335. The molecule has 1 fully saturated rings. The van der Waals surface area contributed by atoms with Gasteiger partial charge in [0.05, 0.1) is 17.8 Å². The zero-order valence-corrected chi connectivity index (χ0v) is 14.9. The van der Waals surface area contributed by atoms with Crippen molar-refractivity contribution in [3.05, 3.63) is 34.5 Å². The molecule has 3 rings (SSSR count). The number of aromatic nitrogens is 1. The molecule has 2 aromatic rings. The van der Waals surface area contributed by atoms with Crippen LogP contribution in [-0.4, -0.2) is 23.6 Å². The van der Waals surface area contributed by atoms with E-state index in [4.69, 9.17) is 16.3 Å². The SMILES string of the molecule is CCOC(=O)c1cnc2c(C)c(Cl)ccc2c1NC1CCCCC1. The number of hydrogen-bond acceptors (Lipinski definition) is 4. The summed E-state index contributed by atoms with van der Waals surface area (Å²) in [7, 11) is 0. The first kappa shape index (κ1) is 17.0. The highest BCUT2D eigenvalue weighted by atomic mass is 35.5. The predicted octanol–water partition coefficient (Wildman–Crippen LogP) is 5.12. The molecule has 0 atom stereocenters. The fraction of sp³-hybridized carbons (Fsp3) is 0.474. The summed E-state index contributed by atoms with van der Waals surface area (Å²) in [5.41, 5.74) is 3.08. The Morgan fingerprint density at radius 1 is 1.33 bits per heavy atom. The molecule has 0 radical (unpaired) electrons. The number of carbonyl (C=O) groups excluding carboxylic acids is 1. The lowest BCUT2D eigenvalue weighted by Gasteiger charge is -2.26. The van der Waals surface area contributed by atoms with E-state index in [0.717, 1.165) is 35.0 Å². The monoisotopic (exact) mass is 346 g/mol. The molecular weight excluding hydrogens is 324 g/mol. The van der Waals surface area contributed by atoms with Gasteiger partial charge in [-0.2, -0.15) is 0 Å². The molecule has 0 saturated heterocycles. The molecular formula is C19H23ClN2O2. The zero-order valence-electron chi connectivity index (χ0n) is 14.2. The molecule has 24 heavy (non-hydrogen) atoms. The van der Waals surface area contributed by atoms with Gasteiger partial charge in [0.15, 0.2) is 0 Å². The quantitative estimate of drug-likeness (QED) is 0.781. The number of halogens is 1. The second-order valence-corrected chi connectivity index (χ2v) is 6.72. The molecule has 1 N–H and O–H groups in total. The van der Waals surface area contributed by atoms with E-state index in [9.17, 15) is 4.79 Å². The number of benzene rings is 1. The molecule has 0 amide bonds. The van der Waals surface area contributed by atoms with Crippen LogP contribution in [0.2, 0.25) is 5.02 Å². The van der Waals surface area contributed by atoms with Crippen LogP contribution in [0.1, 0.15) is 54.9 Å². The van der Waals surface area contributed by atoms with Gasteiger partial charge in [-0.25, -0.2) is 4.79 Å². The van der Waals surface area contributed by atoms with Gasteiger partial charge in [0.25, 0.3) is 0 Å². The Balaban J connectivity index is 2.10. The number of esters is 1. The molecule has 1 aliphatic carbocycles. The van der Waals surface area contributed by atoms with Crippen molar-refractivity contribution in [2.24, 2.45) is 0 Å². The molecule has 1 aromatic carbocycles. The highest BCUT2D eigenvalue weighted by molar-refractivity contribution is 6.32. The van der Waals surface area contributed by atoms with Crippen molar-refractivity contribution >= 4 is 34.2 Å². The van der Waals surface area contributed by atoms with E-state index in [-0.39, 0.29) is 5.97 Å². The Morgan fingerprint density at radius 3 is 2.79 bits per heavy atom. The number of anilines is 1. The van der Waals surface area contributed by atoms with Crippen molar-refractivity contribution < 1.29 is 9.53 Å². The molecule has 1 aliphatic rings. The summed E-state index contributed by atoms with van der Waals surface area (Å²) in [4.78, 5) is 16.8. The minimum Gasteiger partial charge on any atom is -0.462 e. The summed E-state index contributed by atoms with van der Waals surface area (Å²) in [6.45, 7) is 4.11. The first-order valence-corrected chi connectivity index (χ1v) is 9.01. The molecule has 0 spiro atoms. The van der Waals surface area contributed by atoms with Gasteiger partial charge in [0.1, 0.15) is 5.56 Å². The smallest absolute Gasteiger partial charge is 0.341 e. The van der Waals surface area contributed by atoms with E-state index in [1.165, 1.54) is 19.3 Å². The van der Waals surface area contributed by atoms with Gasteiger partial charge in [-0.15, -0.1) is 0 Å². The Labute approximate surface area is 147 Å². The van der Waals surface area contributed by atoms with Crippen molar-refractivity contribution in [3.8, 4) is 0 Å². The number of hydrogen-bond donors (Lipinski definition) is 1. The van der Waals surface area contributed by atoms with Crippen LogP contribution < -0.4 is 5.32 Å². The molecule has 128 valence electrons. The Morgan fingerprint density at radius 2 is 2.08 bits per heavy atom. The average molecular weight is 347 g/mol. The van der Waals surface area contributed by atoms with E-state index in [2.05, 4.69) is 10.3 Å². The lowest BCUT2D eigenvalue weighted by Crippen LogP contribution is -2.24. The van der Waals surface area contributed by atoms with Gasteiger partial charge in [-0.05, 0) is 44.4 Å². The van der Waals surface area contributed by atoms with Crippen LogP contribution in [0.25, 0.3) is 10.9 Å². The first-order chi connectivity index (χ1) is 11.6. The van der Waals surface area contributed by atoms with Crippen molar-refractivity contribution in [3.63, 3.8) is 0 Å². The van der Waals surface area contributed by atoms with Crippen molar-refractivity contribution in [2.45, 2.75) is 52.0 Å². The van der Waals surface area contributed by atoms with Crippen LogP contribution in [0.3, 0.4) is 0 Å². The first-order valence-electron chi connectivity index (χ1n) is 8.63. The topological polar surface area (TPSA) is 51.2 Å². The summed E-state index contributed by atoms with van der Waals surface area (Å²) in [5, 5.41) is 5.20. The molecule has 0 aliphatic heterocycles. The second-order valence-electron chi connectivity index (χ2n) is 6.32. The van der Waals surface area contributed by atoms with Gasteiger partial charge in [-0.3, -0.25) is 4.98 Å². The van der Waals surface area contributed by atoms with Crippen LogP contribution in [0.15, 0.2) is 18.3 Å². The summed E-state index contributed by atoms with van der Waals surface area (Å²) < 4.78 is 5.22. The minimum absolute atomic E-state index is 0.335. The van der Waals surface area contributed by atoms with Gasteiger partial charge in [0.2, 0.25) is 0 Å². The summed E-state index contributed by atoms with van der Waals surface area (Å²) in [6, 6.07) is 4.18. The molecule has 0 bridgehead atoms. The van der Waals surface area contributed by atoms with Crippen LogP contribution in [0.4, 0.5) is 5.69 Å². The highest BCUT2D eigenvalue weighted by Gasteiger charge is 2.21. The van der Waals surface area contributed by atoms with Crippen LogP contribution >= 0.6 is 11.6 Å². The number of aryl methyl sites for hydroxylation is 1. The maximum absolute atomic E-state index is 12.4. The van der Waals surface area contributed by atoms with Crippen LogP contribution in [0, 0.1) is 6.92 Å². The Hall–Kier alpha value is -1.81. The predicted molar refractivity (Wildman–Crippen MR) is 97.9 cm³/mol. The van der Waals surface area contributed by atoms with E-state index in [1.54, 1.807) is 6.20 Å². The molecule has 1 saturated carbocycles. The van der Waals surface area contributed by atoms with Crippen LogP contribution in [0.5, 0.6) is 0 Å². The van der Waals surface area contributed by atoms with E-state index >= 15 is 0 Å². The van der Waals surface area contributed by atoms with Gasteiger partial charge < -0.3 is 10.1 Å². The number of pyridine rings is 1. The lowest BCUT2D eigenvalue weighted by molar-refractivity contribution is 0.0527. The van der Waals surface area contributed by atoms with Crippen LogP contribution in [-0.2, 0) is 4.74 Å². The van der Waals surface area contributed by atoms with Crippen molar-refractivity contribution in [1.29, 1.82) is 0 Å². The zero-order chi connectivity index (χ0) is 17.1. The fourth-order valence-electron chi connectivity index (χ4n) is 3.35. The van der Waals surface area contributed by atoms with E-state index in [0.29, 0.717) is 23.2 Å². The largest absolute Gasteiger partial charge is 0.462 e.